The highest BCUT2D eigenvalue weighted by atomic mass is 19.4. The van der Waals surface area contributed by atoms with Crippen molar-refractivity contribution in [2.75, 3.05) is 25.5 Å². The number of urea groups is 1. The molecule has 4 aliphatic rings. The number of alkyl halides is 3. The van der Waals surface area contributed by atoms with Crippen LogP contribution in [-0.4, -0.2) is 76.3 Å². The van der Waals surface area contributed by atoms with Crippen molar-refractivity contribution >= 4 is 29.4 Å². The second kappa shape index (κ2) is 11.9. The topological polar surface area (TPSA) is 137 Å². The monoisotopic (exact) mass is 643 g/mol. The number of aromatic nitrogens is 2. The fourth-order valence-corrected chi connectivity index (χ4v) is 7.60. The Morgan fingerprint density at radius 3 is 2.43 bits per heavy atom. The Morgan fingerprint density at radius 1 is 1.09 bits per heavy atom. The third kappa shape index (κ3) is 6.30. The molecular formula is C32H40F3N7O4. The van der Waals surface area contributed by atoms with Gasteiger partial charge in [-0.05, 0) is 79.7 Å². The lowest BCUT2D eigenvalue weighted by molar-refractivity contribution is -0.147. The van der Waals surface area contributed by atoms with Crippen LogP contribution in [0.25, 0.3) is 0 Å². The predicted molar refractivity (Wildman–Crippen MR) is 162 cm³/mol. The zero-order chi connectivity index (χ0) is 32.9. The molecule has 1 aliphatic heterocycles. The first kappa shape index (κ1) is 31.9. The Kier molecular flexibility index (Phi) is 8.26. The Labute approximate surface area is 265 Å². The van der Waals surface area contributed by atoms with Crippen molar-refractivity contribution in [3.05, 3.63) is 47.3 Å². The first-order valence-corrected chi connectivity index (χ1v) is 15.9. The number of amides is 5. The Morgan fingerprint density at radius 2 is 1.80 bits per heavy atom. The number of benzene rings is 1. The summed E-state index contributed by atoms with van der Waals surface area (Å²) in [6.45, 7) is 1.12. The van der Waals surface area contributed by atoms with Gasteiger partial charge in [-0.3, -0.25) is 19.1 Å². The summed E-state index contributed by atoms with van der Waals surface area (Å²) in [7, 11) is 3.16. The van der Waals surface area contributed by atoms with Crippen LogP contribution in [0.5, 0.6) is 0 Å². The lowest BCUT2D eigenvalue weighted by Crippen LogP contribution is -2.67. The van der Waals surface area contributed by atoms with Gasteiger partial charge in [0.25, 0.3) is 5.91 Å². The van der Waals surface area contributed by atoms with Crippen LogP contribution in [-0.2, 0) is 29.5 Å². The Hall–Kier alpha value is -4.10. The van der Waals surface area contributed by atoms with Crippen LogP contribution in [0.4, 0.5) is 23.7 Å². The Balaban J connectivity index is 1.20. The lowest BCUT2D eigenvalue weighted by atomic mass is 9.77. The number of rotatable bonds is 8. The van der Waals surface area contributed by atoms with Crippen LogP contribution >= 0.6 is 0 Å². The molecule has 46 heavy (non-hydrogen) atoms. The van der Waals surface area contributed by atoms with E-state index in [1.165, 1.54) is 16.9 Å². The molecule has 2 unspecified atom stereocenters. The van der Waals surface area contributed by atoms with E-state index >= 15 is 0 Å². The summed E-state index contributed by atoms with van der Waals surface area (Å²) < 4.78 is 40.5. The van der Waals surface area contributed by atoms with E-state index in [1.807, 2.05) is 6.07 Å². The van der Waals surface area contributed by atoms with Gasteiger partial charge < -0.3 is 26.2 Å². The first-order valence-electron chi connectivity index (χ1n) is 15.9. The van der Waals surface area contributed by atoms with E-state index < -0.39 is 41.9 Å². The summed E-state index contributed by atoms with van der Waals surface area (Å²) in [4.78, 5) is 55.1. The zero-order valence-electron chi connectivity index (χ0n) is 26.0. The number of anilines is 1. The van der Waals surface area contributed by atoms with E-state index in [0.717, 1.165) is 24.0 Å². The van der Waals surface area contributed by atoms with Gasteiger partial charge in [-0.2, -0.15) is 18.3 Å². The predicted octanol–water partition coefficient (Wildman–Crippen LogP) is 3.30. The Bertz CT molecular complexity index is 1530. The van der Waals surface area contributed by atoms with Gasteiger partial charge in [0, 0.05) is 63.7 Å². The molecule has 11 nitrogen and oxygen atoms in total. The van der Waals surface area contributed by atoms with Gasteiger partial charge in [-0.1, -0.05) is 6.07 Å². The third-order valence-corrected chi connectivity index (χ3v) is 10.4. The fraction of sp³-hybridized carbons (Fsp3) is 0.594. The molecule has 1 aromatic heterocycles. The molecule has 5 amide bonds. The van der Waals surface area contributed by atoms with Gasteiger partial charge in [-0.25, -0.2) is 4.79 Å². The molecule has 2 atom stereocenters. The quantitative estimate of drug-likeness (QED) is 0.350. The molecule has 2 saturated carbocycles. The number of likely N-dealkylation sites (N-methyl/N-ethyl adjacent to an activating group) is 1. The lowest BCUT2D eigenvalue weighted by Gasteiger charge is -2.44. The molecular weight excluding hydrogens is 603 g/mol. The van der Waals surface area contributed by atoms with Crippen molar-refractivity contribution in [2.24, 2.45) is 24.3 Å². The van der Waals surface area contributed by atoms with Crippen molar-refractivity contribution in [1.82, 2.24) is 30.6 Å². The molecule has 2 aromatic rings. The summed E-state index contributed by atoms with van der Waals surface area (Å²) in [6, 6.07) is 5.65. The van der Waals surface area contributed by atoms with E-state index in [4.69, 9.17) is 0 Å². The van der Waals surface area contributed by atoms with Crippen molar-refractivity contribution in [3.63, 3.8) is 0 Å². The maximum Gasteiger partial charge on any atom is 0.389 e. The normalized spacial score (nSPS) is 25.8. The van der Waals surface area contributed by atoms with Gasteiger partial charge in [0.1, 0.15) is 17.3 Å². The third-order valence-electron chi connectivity index (χ3n) is 10.4. The van der Waals surface area contributed by atoms with E-state index in [2.05, 4.69) is 26.4 Å². The van der Waals surface area contributed by atoms with Gasteiger partial charge in [0.15, 0.2) is 0 Å². The highest BCUT2D eigenvalue weighted by molar-refractivity contribution is 6.01. The van der Waals surface area contributed by atoms with E-state index in [-0.39, 0.29) is 35.4 Å². The number of nitrogens with zero attached hydrogens (tertiary/aromatic N) is 3. The summed E-state index contributed by atoms with van der Waals surface area (Å²) in [5.41, 5.74) is 1.34. The second-order valence-corrected chi connectivity index (χ2v) is 13.6. The van der Waals surface area contributed by atoms with Gasteiger partial charge in [0.05, 0.1) is 0 Å². The average Bonchev–Trinajstić information content (AvgIpc) is 3.43. The van der Waals surface area contributed by atoms with Crippen LogP contribution in [0, 0.1) is 17.3 Å². The number of aryl methyl sites for hydroxylation is 1. The minimum absolute atomic E-state index is 0.00362. The van der Waals surface area contributed by atoms with Crippen molar-refractivity contribution in [3.8, 4) is 0 Å². The molecule has 3 fully saturated rings. The molecule has 6 rings (SSSR count). The molecule has 4 N–H and O–H groups in total. The molecule has 0 radical (unpaired) electrons. The van der Waals surface area contributed by atoms with Gasteiger partial charge >= 0.3 is 12.2 Å². The molecule has 248 valence electrons. The SMILES string of the molecule is CNC(=O)C1(N2CC3(CC3)CNC2=O)Cc2ccc(NC(=O)C(NC(=O)c3ccnn3C)C3CCC(CC(F)(F)F)CC3)cc2C1. The minimum atomic E-state index is -4.25. The van der Waals surface area contributed by atoms with Crippen LogP contribution in [0.2, 0.25) is 0 Å². The summed E-state index contributed by atoms with van der Waals surface area (Å²) >= 11 is 0. The van der Waals surface area contributed by atoms with Crippen LogP contribution in [0.15, 0.2) is 30.5 Å². The van der Waals surface area contributed by atoms with Crippen molar-refractivity contribution < 1.29 is 32.3 Å². The van der Waals surface area contributed by atoms with E-state index in [0.29, 0.717) is 50.9 Å². The average molecular weight is 644 g/mol. The van der Waals surface area contributed by atoms with Crippen LogP contribution in [0.3, 0.4) is 0 Å². The summed E-state index contributed by atoms with van der Waals surface area (Å²) in [5, 5.41) is 15.5. The van der Waals surface area contributed by atoms with E-state index in [1.54, 1.807) is 31.1 Å². The number of hydrogen-bond donors (Lipinski definition) is 4. The minimum Gasteiger partial charge on any atom is -0.357 e. The number of carbonyl (C=O) groups is 4. The molecule has 2 heterocycles. The second-order valence-electron chi connectivity index (χ2n) is 13.6. The number of fused-ring (bicyclic) bond motifs is 1. The smallest absolute Gasteiger partial charge is 0.357 e. The number of hydrogen-bond acceptors (Lipinski definition) is 5. The van der Waals surface area contributed by atoms with Crippen LogP contribution in [0.1, 0.15) is 66.6 Å². The van der Waals surface area contributed by atoms with Crippen LogP contribution < -0.4 is 21.3 Å². The number of nitrogens with one attached hydrogen (secondary N) is 4. The summed E-state index contributed by atoms with van der Waals surface area (Å²) in [5.74, 6) is -2.10. The molecule has 1 spiro atoms. The highest BCUT2D eigenvalue weighted by Crippen LogP contribution is 2.50. The number of halogens is 3. The van der Waals surface area contributed by atoms with Crippen molar-refractivity contribution in [2.45, 2.75) is 75.5 Å². The summed E-state index contributed by atoms with van der Waals surface area (Å²) in [6.07, 6.45) is 0.315. The van der Waals surface area contributed by atoms with Gasteiger partial charge in [-0.15, -0.1) is 0 Å². The van der Waals surface area contributed by atoms with Gasteiger partial charge in [0.2, 0.25) is 11.8 Å². The molecule has 1 aromatic carbocycles. The zero-order valence-corrected chi connectivity index (χ0v) is 26.0. The fourth-order valence-electron chi connectivity index (χ4n) is 7.60. The highest BCUT2D eigenvalue weighted by Gasteiger charge is 2.57. The number of carbonyl (C=O) groups excluding carboxylic acids is 4. The largest absolute Gasteiger partial charge is 0.389 e. The molecule has 3 aliphatic carbocycles. The molecule has 0 bridgehead atoms. The first-order chi connectivity index (χ1) is 21.8. The molecule has 1 saturated heterocycles. The standard InChI is InChI=1S/C32H40F3N7O4/c1-36-28(45)31(42-18-30(10-11-30)17-37-29(42)46)15-21-7-8-23(13-22(21)16-31)39-27(44)25(40-26(43)24-9-12-38-41(24)2)20-5-3-19(4-6-20)14-32(33,34)35/h7-9,12-13,19-20,25H,3-6,10-11,14-18H2,1-2H3,(H,36,45)(H,37,46)(H,39,44)(H,40,43). The van der Waals surface area contributed by atoms with E-state index in [9.17, 15) is 32.3 Å². The maximum atomic E-state index is 13.8. The maximum absolute atomic E-state index is 13.8. The van der Waals surface area contributed by atoms with Crippen molar-refractivity contribution in [1.29, 1.82) is 0 Å². The molecule has 14 heteroatoms.